The van der Waals surface area contributed by atoms with Crippen LogP contribution >= 0.6 is 15.9 Å². The molecule has 0 bridgehead atoms. The monoisotopic (exact) mass is 272 g/mol. The largest absolute Gasteiger partial charge is 0.493 e. The summed E-state index contributed by atoms with van der Waals surface area (Å²) in [5.41, 5.74) is 0.645. The van der Waals surface area contributed by atoms with Crippen LogP contribution < -0.4 is 9.47 Å². The Morgan fingerprint density at radius 1 is 1.27 bits per heavy atom. The van der Waals surface area contributed by atoms with Crippen molar-refractivity contribution in [3.63, 3.8) is 0 Å². The number of benzene rings is 1. The second-order valence-corrected chi connectivity index (χ2v) is 3.72. The van der Waals surface area contributed by atoms with Gasteiger partial charge in [-0.1, -0.05) is 15.9 Å². The first-order valence-electron chi connectivity index (χ1n) is 4.54. The van der Waals surface area contributed by atoms with E-state index in [0.717, 1.165) is 0 Å². The number of ketones is 1. The summed E-state index contributed by atoms with van der Waals surface area (Å²) in [4.78, 5) is 11.6. The first-order chi connectivity index (χ1) is 7.22. The number of hydrogen-bond donors (Lipinski definition) is 0. The Morgan fingerprint density at radius 3 is 2.47 bits per heavy atom. The molecule has 0 aliphatic rings. The highest BCUT2D eigenvalue weighted by Gasteiger charge is 2.09. The second-order valence-electron chi connectivity index (χ2n) is 2.93. The van der Waals surface area contributed by atoms with Crippen LogP contribution in [0.5, 0.6) is 11.5 Å². The summed E-state index contributed by atoms with van der Waals surface area (Å²) in [5, 5.41) is 0.667. The number of alkyl halides is 1. The van der Waals surface area contributed by atoms with Crippen LogP contribution in [0.15, 0.2) is 18.2 Å². The fourth-order valence-corrected chi connectivity index (χ4v) is 1.60. The van der Waals surface area contributed by atoms with Crippen LogP contribution in [0.1, 0.15) is 16.8 Å². The van der Waals surface area contributed by atoms with Crippen molar-refractivity contribution in [1.82, 2.24) is 0 Å². The lowest BCUT2D eigenvalue weighted by molar-refractivity contribution is 0.0989. The summed E-state index contributed by atoms with van der Waals surface area (Å²) in [7, 11) is 3.12. The lowest BCUT2D eigenvalue weighted by Gasteiger charge is -2.08. The fraction of sp³-hybridized carbons (Fsp3) is 0.364. The molecule has 0 radical (unpaired) electrons. The van der Waals surface area contributed by atoms with Crippen molar-refractivity contribution in [1.29, 1.82) is 0 Å². The van der Waals surface area contributed by atoms with Crippen LogP contribution in [0.3, 0.4) is 0 Å². The number of rotatable bonds is 5. The van der Waals surface area contributed by atoms with E-state index in [2.05, 4.69) is 15.9 Å². The van der Waals surface area contributed by atoms with E-state index in [1.165, 1.54) is 0 Å². The molecular weight excluding hydrogens is 260 g/mol. The molecule has 0 aliphatic carbocycles. The van der Waals surface area contributed by atoms with Gasteiger partial charge in [0.1, 0.15) is 0 Å². The molecule has 1 rings (SSSR count). The van der Waals surface area contributed by atoms with Crippen LogP contribution in [-0.4, -0.2) is 25.3 Å². The minimum Gasteiger partial charge on any atom is -0.493 e. The summed E-state index contributed by atoms with van der Waals surface area (Å²) in [6.07, 6.45) is 0.482. The summed E-state index contributed by atoms with van der Waals surface area (Å²) in [5.74, 6) is 1.30. The first kappa shape index (κ1) is 12.0. The standard InChI is InChI=1S/C11H13BrO3/c1-14-10-4-3-8(7-11(10)15-2)9(13)5-6-12/h3-4,7H,5-6H2,1-2H3. The molecule has 0 atom stereocenters. The Balaban J connectivity index is 2.97. The molecular formula is C11H13BrO3. The number of carbonyl (C=O) groups is 1. The number of methoxy groups -OCH3 is 2. The van der Waals surface area contributed by atoms with Crippen LogP contribution in [0.2, 0.25) is 0 Å². The van der Waals surface area contributed by atoms with Gasteiger partial charge in [-0.15, -0.1) is 0 Å². The van der Waals surface area contributed by atoms with Crippen LogP contribution in [-0.2, 0) is 0 Å². The summed E-state index contributed by atoms with van der Waals surface area (Å²) < 4.78 is 10.2. The minimum absolute atomic E-state index is 0.0906. The molecule has 0 unspecified atom stereocenters. The van der Waals surface area contributed by atoms with Gasteiger partial charge in [0.05, 0.1) is 14.2 Å². The van der Waals surface area contributed by atoms with E-state index in [0.29, 0.717) is 28.8 Å². The number of halogens is 1. The lowest BCUT2D eigenvalue weighted by atomic mass is 10.1. The molecule has 0 saturated carbocycles. The predicted molar refractivity (Wildman–Crippen MR) is 62.3 cm³/mol. The van der Waals surface area contributed by atoms with Gasteiger partial charge >= 0.3 is 0 Å². The maximum atomic E-state index is 11.6. The molecule has 4 heteroatoms. The average molecular weight is 273 g/mol. The SMILES string of the molecule is COc1ccc(C(=O)CCBr)cc1OC. The van der Waals surface area contributed by atoms with Crippen molar-refractivity contribution in [3.8, 4) is 11.5 Å². The second kappa shape index (κ2) is 5.75. The zero-order chi connectivity index (χ0) is 11.3. The molecule has 0 saturated heterocycles. The van der Waals surface area contributed by atoms with E-state index >= 15 is 0 Å². The smallest absolute Gasteiger partial charge is 0.163 e. The van der Waals surface area contributed by atoms with E-state index in [9.17, 15) is 4.79 Å². The molecule has 0 amide bonds. The minimum atomic E-state index is 0.0906. The zero-order valence-corrected chi connectivity index (χ0v) is 10.3. The molecule has 0 N–H and O–H groups in total. The fourth-order valence-electron chi connectivity index (χ4n) is 1.24. The van der Waals surface area contributed by atoms with E-state index in [1.54, 1.807) is 32.4 Å². The Labute approximate surface area is 97.5 Å². The van der Waals surface area contributed by atoms with Gasteiger partial charge in [-0.05, 0) is 18.2 Å². The average Bonchev–Trinajstić information content (AvgIpc) is 2.28. The van der Waals surface area contributed by atoms with Gasteiger partial charge in [-0.3, -0.25) is 4.79 Å². The van der Waals surface area contributed by atoms with Crippen molar-refractivity contribution in [2.24, 2.45) is 0 Å². The molecule has 0 spiro atoms. The van der Waals surface area contributed by atoms with Crippen molar-refractivity contribution in [2.75, 3.05) is 19.5 Å². The van der Waals surface area contributed by atoms with Crippen molar-refractivity contribution >= 4 is 21.7 Å². The Kier molecular flexibility index (Phi) is 4.62. The third-order valence-corrected chi connectivity index (χ3v) is 2.42. The third-order valence-electron chi connectivity index (χ3n) is 2.03. The van der Waals surface area contributed by atoms with Crippen molar-refractivity contribution < 1.29 is 14.3 Å². The molecule has 0 aliphatic heterocycles. The number of Topliss-reactive ketones (excluding diaryl/α,β-unsaturated/α-hetero) is 1. The molecule has 1 aromatic rings. The summed E-state index contributed by atoms with van der Waals surface area (Å²) in [6, 6.07) is 5.18. The van der Waals surface area contributed by atoms with Crippen LogP contribution in [0, 0.1) is 0 Å². The van der Waals surface area contributed by atoms with E-state index in [-0.39, 0.29) is 5.78 Å². The van der Waals surface area contributed by atoms with Gasteiger partial charge in [0.25, 0.3) is 0 Å². The Bertz CT molecular complexity index is 350. The number of carbonyl (C=O) groups excluding carboxylic acids is 1. The number of ether oxygens (including phenoxy) is 2. The van der Waals surface area contributed by atoms with Gasteiger partial charge < -0.3 is 9.47 Å². The maximum absolute atomic E-state index is 11.6. The molecule has 3 nitrogen and oxygen atoms in total. The van der Waals surface area contributed by atoms with E-state index in [1.807, 2.05) is 0 Å². The molecule has 0 heterocycles. The van der Waals surface area contributed by atoms with Gasteiger partial charge in [0, 0.05) is 17.3 Å². The van der Waals surface area contributed by atoms with E-state index < -0.39 is 0 Å². The van der Waals surface area contributed by atoms with Gasteiger partial charge in [0.2, 0.25) is 0 Å². The Morgan fingerprint density at radius 2 is 1.93 bits per heavy atom. The lowest BCUT2D eigenvalue weighted by Crippen LogP contribution is -2.00. The maximum Gasteiger partial charge on any atom is 0.163 e. The topological polar surface area (TPSA) is 35.5 Å². The quantitative estimate of drug-likeness (QED) is 0.611. The number of hydrogen-bond acceptors (Lipinski definition) is 3. The molecule has 1 aromatic carbocycles. The molecule has 82 valence electrons. The highest BCUT2D eigenvalue weighted by atomic mass is 79.9. The molecule has 0 fully saturated rings. The van der Waals surface area contributed by atoms with Crippen molar-refractivity contribution in [2.45, 2.75) is 6.42 Å². The van der Waals surface area contributed by atoms with Crippen molar-refractivity contribution in [3.05, 3.63) is 23.8 Å². The molecule has 0 aromatic heterocycles. The van der Waals surface area contributed by atoms with Gasteiger partial charge in [-0.25, -0.2) is 0 Å². The highest BCUT2D eigenvalue weighted by molar-refractivity contribution is 9.09. The Hall–Kier alpha value is -1.03. The van der Waals surface area contributed by atoms with Crippen LogP contribution in [0.25, 0.3) is 0 Å². The highest BCUT2D eigenvalue weighted by Crippen LogP contribution is 2.27. The normalized spacial score (nSPS) is 9.80. The third kappa shape index (κ3) is 2.96. The predicted octanol–water partition coefficient (Wildman–Crippen LogP) is 2.67. The van der Waals surface area contributed by atoms with E-state index in [4.69, 9.17) is 9.47 Å². The van der Waals surface area contributed by atoms with Crippen LogP contribution in [0.4, 0.5) is 0 Å². The van der Waals surface area contributed by atoms with Gasteiger partial charge in [-0.2, -0.15) is 0 Å². The summed E-state index contributed by atoms with van der Waals surface area (Å²) in [6.45, 7) is 0. The first-order valence-corrected chi connectivity index (χ1v) is 5.66. The summed E-state index contributed by atoms with van der Waals surface area (Å²) >= 11 is 3.23. The van der Waals surface area contributed by atoms with Gasteiger partial charge in [0.15, 0.2) is 17.3 Å². The molecule has 15 heavy (non-hydrogen) atoms. The zero-order valence-electron chi connectivity index (χ0n) is 8.75.